The number of amides is 1. The Hall–Kier alpha value is -2.87. The smallest absolute Gasteiger partial charge is 0.231 e. The van der Waals surface area contributed by atoms with Crippen molar-refractivity contribution >= 4 is 45.6 Å². The summed E-state index contributed by atoms with van der Waals surface area (Å²) in [6, 6.07) is 14.3. The molecule has 1 atom stereocenters. The summed E-state index contributed by atoms with van der Waals surface area (Å²) in [5, 5.41) is 7.35. The number of halogens is 1. The molecule has 4 aromatic rings. The lowest BCUT2D eigenvalue weighted by molar-refractivity contribution is -0.133. The van der Waals surface area contributed by atoms with Gasteiger partial charge in [0.25, 0.3) is 0 Å². The third-order valence-corrected chi connectivity index (χ3v) is 7.71. The number of rotatable bonds is 7. The number of hydrogen-bond acceptors (Lipinski definition) is 5. The summed E-state index contributed by atoms with van der Waals surface area (Å²) in [5.41, 5.74) is 4.23. The van der Waals surface area contributed by atoms with Crippen LogP contribution in [-0.4, -0.2) is 59.5 Å². The van der Waals surface area contributed by atoms with Crippen LogP contribution in [0.25, 0.3) is 21.5 Å². The number of piperazine rings is 1. The Morgan fingerprint density at radius 1 is 1.14 bits per heavy atom. The van der Waals surface area contributed by atoms with Gasteiger partial charge in [0.15, 0.2) is 0 Å². The van der Waals surface area contributed by atoms with Gasteiger partial charge in [-0.1, -0.05) is 43.6 Å². The minimum Gasteiger partial charge on any atom is -0.367 e. The van der Waals surface area contributed by atoms with E-state index in [1.807, 2.05) is 41.6 Å². The number of thiophene rings is 1. The van der Waals surface area contributed by atoms with Gasteiger partial charge in [0.05, 0.1) is 11.6 Å². The van der Waals surface area contributed by atoms with E-state index in [-0.39, 0.29) is 11.8 Å². The zero-order valence-corrected chi connectivity index (χ0v) is 21.6. The number of carbonyl (C=O) groups is 1. The van der Waals surface area contributed by atoms with Crippen LogP contribution in [0.2, 0.25) is 5.02 Å². The summed E-state index contributed by atoms with van der Waals surface area (Å²) in [7, 11) is 0. The zero-order valence-electron chi connectivity index (χ0n) is 20.0. The molecule has 5 rings (SSSR count). The van der Waals surface area contributed by atoms with Crippen LogP contribution in [0.1, 0.15) is 25.3 Å². The zero-order chi connectivity index (χ0) is 24.4. The average molecular weight is 508 g/mol. The van der Waals surface area contributed by atoms with Crippen LogP contribution < -0.4 is 10.2 Å². The van der Waals surface area contributed by atoms with E-state index >= 15 is 0 Å². The van der Waals surface area contributed by atoms with E-state index in [0.717, 1.165) is 35.2 Å². The minimum absolute atomic E-state index is 0.167. The summed E-state index contributed by atoms with van der Waals surface area (Å²) < 4.78 is 0. The van der Waals surface area contributed by atoms with Gasteiger partial charge in [-0.15, -0.1) is 11.3 Å². The monoisotopic (exact) mass is 507 g/mol. The number of hydrogen-bond donors (Lipinski definition) is 2. The number of anilines is 1. The molecule has 0 unspecified atom stereocenters. The number of aromatic nitrogens is 2. The molecular formula is C27H30ClN5OS. The maximum atomic E-state index is 13.7. The number of nitrogens with one attached hydrogen (secondary N) is 2. The molecule has 1 aliphatic rings. The highest BCUT2D eigenvalue weighted by atomic mass is 35.5. The van der Waals surface area contributed by atoms with Gasteiger partial charge in [-0.05, 0) is 35.2 Å². The van der Waals surface area contributed by atoms with Crippen molar-refractivity contribution in [2.24, 2.45) is 0 Å². The molecule has 0 saturated carbocycles. The van der Waals surface area contributed by atoms with Crippen molar-refractivity contribution in [1.29, 1.82) is 0 Å². The topological polar surface area (TPSA) is 64.3 Å². The fourth-order valence-corrected chi connectivity index (χ4v) is 5.58. The first-order valence-corrected chi connectivity index (χ1v) is 13.3. The molecule has 1 fully saturated rings. The molecule has 8 heteroatoms. The van der Waals surface area contributed by atoms with E-state index < -0.39 is 0 Å². The van der Waals surface area contributed by atoms with E-state index in [9.17, 15) is 4.79 Å². The van der Waals surface area contributed by atoms with Gasteiger partial charge >= 0.3 is 0 Å². The Labute approximate surface area is 214 Å². The van der Waals surface area contributed by atoms with E-state index in [0.29, 0.717) is 30.7 Å². The second kappa shape index (κ2) is 10.4. The highest BCUT2D eigenvalue weighted by Gasteiger charge is 2.30. The Morgan fingerprint density at radius 3 is 2.60 bits per heavy atom. The molecule has 3 aromatic heterocycles. The fourth-order valence-electron chi connectivity index (χ4n) is 4.71. The van der Waals surface area contributed by atoms with Gasteiger partial charge in [0, 0.05) is 72.0 Å². The Bertz CT molecular complexity index is 1280. The number of carbonyl (C=O) groups excluding carboxylic acids is 1. The number of nitrogens with zero attached hydrogens (tertiary/aromatic N) is 3. The molecule has 4 heterocycles. The molecule has 0 aliphatic carbocycles. The Balaban J connectivity index is 1.36. The predicted molar refractivity (Wildman–Crippen MR) is 146 cm³/mol. The highest BCUT2D eigenvalue weighted by Crippen LogP contribution is 2.38. The van der Waals surface area contributed by atoms with Gasteiger partial charge in [-0.2, -0.15) is 0 Å². The van der Waals surface area contributed by atoms with Crippen molar-refractivity contribution in [3.05, 3.63) is 70.8 Å². The maximum absolute atomic E-state index is 13.7. The van der Waals surface area contributed by atoms with Crippen molar-refractivity contribution in [1.82, 2.24) is 20.2 Å². The first-order chi connectivity index (χ1) is 17.0. The second-order valence-electron chi connectivity index (χ2n) is 9.22. The number of aromatic amines is 1. The van der Waals surface area contributed by atoms with Crippen LogP contribution in [0, 0.1) is 0 Å². The van der Waals surface area contributed by atoms with E-state index in [4.69, 9.17) is 11.6 Å². The SMILES string of the molecule is CC(C)NC[C@@H](C(=O)N1CCN(c2c(-c3cccs3)cnc3[nH]ccc23)CC1)c1ccc(Cl)cc1. The van der Waals surface area contributed by atoms with E-state index in [1.54, 1.807) is 11.3 Å². The largest absolute Gasteiger partial charge is 0.367 e. The lowest BCUT2D eigenvalue weighted by atomic mass is 9.96. The molecule has 35 heavy (non-hydrogen) atoms. The van der Waals surface area contributed by atoms with Gasteiger partial charge in [-0.25, -0.2) is 4.98 Å². The Morgan fingerprint density at radius 2 is 1.91 bits per heavy atom. The molecule has 1 aliphatic heterocycles. The quantitative estimate of drug-likeness (QED) is 0.353. The number of fused-ring (bicyclic) bond motifs is 1. The van der Waals surface area contributed by atoms with Crippen LogP contribution in [0.4, 0.5) is 5.69 Å². The van der Waals surface area contributed by atoms with Crippen molar-refractivity contribution in [2.45, 2.75) is 25.8 Å². The molecule has 0 bridgehead atoms. The number of H-pyrrole nitrogens is 1. The first kappa shape index (κ1) is 23.9. The van der Waals surface area contributed by atoms with Crippen molar-refractivity contribution in [3.63, 3.8) is 0 Å². The third kappa shape index (κ3) is 5.08. The summed E-state index contributed by atoms with van der Waals surface area (Å²) in [6.45, 7) is 7.73. The van der Waals surface area contributed by atoms with Crippen molar-refractivity contribution in [2.75, 3.05) is 37.6 Å². The summed E-state index contributed by atoms with van der Waals surface area (Å²) in [6.07, 6.45) is 3.91. The summed E-state index contributed by atoms with van der Waals surface area (Å²) in [5.74, 6) is -0.0691. The average Bonchev–Trinajstić information content (AvgIpc) is 3.57. The van der Waals surface area contributed by atoms with E-state index in [1.165, 1.54) is 10.6 Å². The predicted octanol–water partition coefficient (Wildman–Crippen LogP) is 5.38. The fraction of sp³-hybridized carbons (Fsp3) is 0.333. The van der Waals surface area contributed by atoms with Crippen LogP contribution in [0.3, 0.4) is 0 Å². The third-order valence-electron chi connectivity index (χ3n) is 6.55. The lowest BCUT2D eigenvalue weighted by Crippen LogP contribution is -2.51. The molecule has 1 aromatic carbocycles. The second-order valence-corrected chi connectivity index (χ2v) is 10.6. The highest BCUT2D eigenvalue weighted by molar-refractivity contribution is 7.13. The molecule has 6 nitrogen and oxygen atoms in total. The standard InChI is InChI=1S/C27H30ClN5OS/c1-18(2)30-16-22(19-5-7-20(28)8-6-19)27(34)33-13-11-32(12-14-33)25-21-9-10-29-26(21)31-17-23(25)24-4-3-15-35-24/h3-10,15,17-18,22,30H,11-14,16H2,1-2H3,(H,29,31)/t22-/m1/s1. The van der Waals surface area contributed by atoms with Crippen LogP contribution in [0.5, 0.6) is 0 Å². The van der Waals surface area contributed by atoms with Crippen molar-refractivity contribution < 1.29 is 4.79 Å². The molecular weight excluding hydrogens is 478 g/mol. The molecule has 0 spiro atoms. The molecule has 1 amide bonds. The molecule has 2 N–H and O–H groups in total. The van der Waals surface area contributed by atoms with Crippen LogP contribution in [-0.2, 0) is 4.79 Å². The molecule has 0 radical (unpaired) electrons. The van der Waals surface area contributed by atoms with Gasteiger partial charge in [0.1, 0.15) is 5.65 Å². The van der Waals surface area contributed by atoms with Crippen molar-refractivity contribution in [3.8, 4) is 10.4 Å². The lowest BCUT2D eigenvalue weighted by Gasteiger charge is -2.38. The number of pyridine rings is 1. The summed E-state index contributed by atoms with van der Waals surface area (Å²) in [4.78, 5) is 27.2. The van der Waals surface area contributed by atoms with Crippen LogP contribution >= 0.6 is 22.9 Å². The molecule has 1 saturated heterocycles. The van der Waals surface area contributed by atoms with Gasteiger partial charge in [0.2, 0.25) is 5.91 Å². The van der Waals surface area contributed by atoms with Crippen LogP contribution in [0.15, 0.2) is 60.2 Å². The minimum atomic E-state index is -0.236. The van der Waals surface area contributed by atoms with Gasteiger partial charge in [-0.3, -0.25) is 4.79 Å². The first-order valence-electron chi connectivity index (χ1n) is 12.0. The molecule has 182 valence electrons. The maximum Gasteiger partial charge on any atom is 0.231 e. The summed E-state index contributed by atoms with van der Waals surface area (Å²) >= 11 is 7.83. The van der Waals surface area contributed by atoms with Gasteiger partial charge < -0.3 is 20.1 Å². The normalized spacial score (nSPS) is 15.2. The number of benzene rings is 1. The Kier molecular flexibility index (Phi) is 7.09. The van der Waals surface area contributed by atoms with E-state index in [2.05, 4.69) is 57.6 Å².